The smallest absolute Gasteiger partial charge is 0.325 e. The highest BCUT2D eigenvalue weighted by Crippen LogP contribution is 2.19. The zero-order chi connectivity index (χ0) is 15.8. The summed E-state index contributed by atoms with van der Waals surface area (Å²) < 4.78 is 4.44. The average molecular weight is 294 g/mol. The topological polar surface area (TPSA) is 78.9 Å². The standard InChI is InChI=1S/C15H22N2O4/c1-11(15(20)12-7-5-4-6-8-12)17(2)10-13(18)16-9-14(19)21-3/h4-8,11,15,20H,9-10H2,1-3H3,(H,16,18)/t11-,15+/m0/s1. The lowest BCUT2D eigenvalue weighted by molar-refractivity contribution is -0.141. The Morgan fingerprint density at radius 1 is 1.33 bits per heavy atom. The third-order valence-corrected chi connectivity index (χ3v) is 3.34. The van der Waals surface area contributed by atoms with Crippen molar-refractivity contribution in [3.05, 3.63) is 35.9 Å². The summed E-state index contributed by atoms with van der Waals surface area (Å²) in [5.74, 6) is -0.793. The van der Waals surface area contributed by atoms with Crippen LogP contribution < -0.4 is 5.32 Å². The second-order valence-corrected chi connectivity index (χ2v) is 4.86. The van der Waals surface area contributed by atoms with E-state index in [0.717, 1.165) is 5.56 Å². The molecule has 0 fully saturated rings. The molecule has 6 heteroatoms. The predicted octanol–water partition coefficient (Wildman–Crippen LogP) is 0.330. The quantitative estimate of drug-likeness (QED) is 0.709. The van der Waals surface area contributed by atoms with E-state index in [-0.39, 0.29) is 25.0 Å². The first-order valence-electron chi connectivity index (χ1n) is 6.72. The van der Waals surface area contributed by atoms with E-state index in [4.69, 9.17) is 0 Å². The maximum Gasteiger partial charge on any atom is 0.325 e. The number of nitrogens with one attached hydrogen (secondary N) is 1. The Kier molecular flexibility index (Phi) is 6.84. The number of nitrogens with zero attached hydrogens (tertiary/aromatic N) is 1. The van der Waals surface area contributed by atoms with Crippen molar-refractivity contribution < 1.29 is 19.4 Å². The maximum atomic E-state index is 11.7. The van der Waals surface area contributed by atoms with Crippen molar-refractivity contribution in [2.75, 3.05) is 27.2 Å². The third kappa shape index (κ3) is 5.53. The van der Waals surface area contributed by atoms with Gasteiger partial charge in [-0.05, 0) is 19.5 Å². The number of aliphatic hydroxyl groups excluding tert-OH is 1. The Bertz CT molecular complexity index is 464. The number of carbonyl (C=O) groups is 2. The summed E-state index contributed by atoms with van der Waals surface area (Å²) >= 11 is 0. The molecule has 1 aromatic rings. The molecule has 0 spiro atoms. The van der Waals surface area contributed by atoms with Crippen LogP contribution in [0.3, 0.4) is 0 Å². The molecular formula is C15H22N2O4. The lowest BCUT2D eigenvalue weighted by Gasteiger charge is -2.28. The molecule has 0 heterocycles. The van der Waals surface area contributed by atoms with Gasteiger partial charge in [0, 0.05) is 6.04 Å². The van der Waals surface area contributed by atoms with Gasteiger partial charge in [-0.15, -0.1) is 0 Å². The molecule has 0 aromatic heterocycles. The predicted molar refractivity (Wildman–Crippen MR) is 78.5 cm³/mol. The second kappa shape index (κ2) is 8.39. The molecule has 21 heavy (non-hydrogen) atoms. The number of aliphatic hydroxyl groups is 1. The van der Waals surface area contributed by atoms with Gasteiger partial charge in [-0.25, -0.2) is 0 Å². The average Bonchev–Trinajstić information content (AvgIpc) is 2.51. The highest BCUT2D eigenvalue weighted by atomic mass is 16.5. The van der Waals surface area contributed by atoms with Crippen LogP contribution in [0.15, 0.2) is 30.3 Å². The van der Waals surface area contributed by atoms with Gasteiger partial charge in [0.25, 0.3) is 0 Å². The normalized spacial score (nSPS) is 13.6. The summed E-state index contributed by atoms with van der Waals surface area (Å²) in [5, 5.41) is 12.7. The molecule has 0 bridgehead atoms. The van der Waals surface area contributed by atoms with Crippen LogP contribution in [0, 0.1) is 0 Å². The van der Waals surface area contributed by atoms with E-state index in [1.165, 1.54) is 7.11 Å². The van der Waals surface area contributed by atoms with Gasteiger partial charge >= 0.3 is 5.97 Å². The van der Waals surface area contributed by atoms with Crippen molar-refractivity contribution in [2.45, 2.75) is 19.1 Å². The van der Waals surface area contributed by atoms with E-state index in [2.05, 4.69) is 10.1 Å². The fraction of sp³-hybridized carbons (Fsp3) is 0.467. The summed E-state index contributed by atoms with van der Waals surface area (Å²) in [7, 11) is 3.01. The Morgan fingerprint density at radius 2 is 1.95 bits per heavy atom. The van der Waals surface area contributed by atoms with Crippen LogP contribution in [-0.2, 0) is 14.3 Å². The summed E-state index contributed by atoms with van der Waals surface area (Å²) in [4.78, 5) is 24.4. The van der Waals surface area contributed by atoms with E-state index >= 15 is 0 Å². The monoisotopic (exact) mass is 294 g/mol. The van der Waals surface area contributed by atoms with Crippen molar-refractivity contribution in [2.24, 2.45) is 0 Å². The second-order valence-electron chi connectivity index (χ2n) is 4.86. The van der Waals surface area contributed by atoms with Crippen molar-refractivity contribution in [3.8, 4) is 0 Å². The fourth-order valence-corrected chi connectivity index (χ4v) is 1.84. The SMILES string of the molecule is COC(=O)CNC(=O)CN(C)[C@@H](C)[C@@H](O)c1ccccc1. The number of methoxy groups -OCH3 is 1. The van der Waals surface area contributed by atoms with Crippen LogP contribution in [0.4, 0.5) is 0 Å². The van der Waals surface area contributed by atoms with Gasteiger partial charge in [-0.1, -0.05) is 30.3 Å². The van der Waals surface area contributed by atoms with Crippen LogP contribution in [0.5, 0.6) is 0 Å². The first-order valence-corrected chi connectivity index (χ1v) is 6.72. The van der Waals surface area contributed by atoms with Gasteiger partial charge in [0.15, 0.2) is 0 Å². The zero-order valence-corrected chi connectivity index (χ0v) is 12.6. The molecule has 0 saturated carbocycles. The largest absolute Gasteiger partial charge is 0.468 e. The molecule has 0 saturated heterocycles. The number of hydrogen-bond acceptors (Lipinski definition) is 5. The van der Waals surface area contributed by atoms with Crippen LogP contribution in [0.1, 0.15) is 18.6 Å². The summed E-state index contributed by atoms with van der Waals surface area (Å²) in [6.45, 7) is 1.77. The minimum atomic E-state index is -0.690. The first kappa shape index (κ1) is 17.1. The van der Waals surface area contributed by atoms with Crippen LogP contribution in [0.2, 0.25) is 0 Å². The molecule has 2 atom stereocenters. The molecule has 0 aliphatic carbocycles. The highest BCUT2D eigenvalue weighted by molar-refractivity contribution is 5.83. The molecule has 6 nitrogen and oxygen atoms in total. The first-order chi connectivity index (χ1) is 9.95. The van der Waals surface area contributed by atoms with E-state index in [9.17, 15) is 14.7 Å². The number of ether oxygens (including phenoxy) is 1. The minimum Gasteiger partial charge on any atom is -0.468 e. The Morgan fingerprint density at radius 3 is 2.52 bits per heavy atom. The van der Waals surface area contributed by atoms with E-state index in [1.54, 1.807) is 11.9 Å². The van der Waals surface area contributed by atoms with Crippen LogP contribution in [0.25, 0.3) is 0 Å². The van der Waals surface area contributed by atoms with Gasteiger partial charge in [0.1, 0.15) is 6.54 Å². The van der Waals surface area contributed by atoms with Crippen LogP contribution >= 0.6 is 0 Å². The fourth-order valence-electron chi connectivity index (χ4n) is 1.84. The van der Waals surface area contributed by atoms with E-state index in [1.807, 2.05) is 37.3 Å². The number of hydrogen-bond donors (Lipinski definition) is 2. The Hall–Kier alpha value is -1.92. The molecule has 0 radical (unpaired) electrons. The van der Waals surface area contributed by atoms with Gasteiger partial charge < -0.3 is 15.2 Å². The number of carbonyl (C=O) groups excluding carboxylic acids is 2. The molecule has 2 N–H and O–H groups in total. The maximum absolute atomic E-state index is 11.7. The molecule has 116 valence electrons. The summed E-state index contributed by atoms with van der Waals surface area (Å²) in [5.41, 5.74) is 0.798. The molecule has 0 aliphatic rings. The van der Waals surface area contributed by atoms with Gasteiger partial charge in [-0.3, -0.25) is 14.5 Å². The third-order valence-electron chi connectivity index (χ3n) is 3.34. The highest BCUT2D eigenvalue weighted by Gasteiger charge is 2.22. The molecule has 0 unspecified atom stereocenters. The Balaban J connectivity index is 2.48. The number of benzene rings is 1. The molecule has 1 amide bonds. The van der Waals surface area contributed by atoms with Crippen molar-refractivity contribution in [3.63, 3.8) is 0 Å². The van der Waals surface area contributed by atoms with Crippen molar-refractivity contribution in [1.82, 2.24) is 10.2 Å². The van der Waals surface area contributed by atoms with Gasteiger partial charge in [-0.2, -0.15) is 0 Å². The lowest BCUT2D eigenvalue weighted by atomic mass is 10.0. The minimum absolute atomic E-state index is 0.0854. The lowest BCUT2D eigenvalue weighted by Crippen LogP contribution is -2.43. The molecule has 1 rings (SSSR count). The van der Waals surface area contributed by atoms with Crippen molar-refractivity contribution >= 4 is 11.9 Å². The van der Waals surface area contributed by atoms with Gasteiger partial charge in [0.05, 0.1) is 19.8 Å². The molecular weight excluding hydrogens is 272 g/mol. The molecule has 0 aliphatic heterocycles. The van der Waals surface area contributed by atoms with Gasteiger partial charge in [0.2, 0.25) is 5.91 Å². The van der Waals surface area contributed by atoms with E-state index in [0.29, 0.717) is 0 Å². The number of esters is 1. The van der Waals surface area contributed by atoms with E-state index < -0.39 is 12.1 Å². The molecule has 1 aromatic carbocycles. The summed E-state index contributed by atoms with van der Waals surface area (Å²) in [6.07, 6.45) is -0.690. The summed E-state index contributed by atoms with van der Waals surface area (Å²) in [6, 6.07) is 9.03. The number of likely N-dealkylation sites (N-methyl/N-ethyl adjacent to an activating group) is 1. The van der Waals surface area contributed by atoms with Crippen LogP contribution in [-0.4, -0.2) is 55.2 Å². The Labute approximate surface area is 124 Å². The zero-order valence-electron chi connectivity index (χ0n) is 12.6. The number of amides is 1. The number of rotatable bonds is 7. The van der Waals surface area contributed by atoms with Crippen molar-refractivity contribution in [1.29, 1.82) is 0 Å².